The second-order valence-electron chi connectivity index (χ2n) is 9.86. The third-order valence-corrected chi connectivity index (χ3v) is 9.21. The maximum absolute atomic E-state index is 13.4. The lowest BCUT2D eigenvalue weighted by molar-refractivity contribution is 0.0543. The Morgan fingerprint density at radius 3 is 2.76 bits per heavy atom. The van der Waals surface area contributed by atoms with Gasteiger partial charge in [-0.15, -0.1) is 11.3 Å². The Bertz CT molecular complexity index is 1170. The van der Waals surface area contributed by atoms with Gasteiger partial charge in [0.05, 0.1) is 10.3 Å². The standard InChI is InChI=1S/C26H30N4O2S/c1-17-21-23(27-15-26(9-11-32-12-10-26)19-5-3-2-4-6-19)28-16-29-24(21)33-22(17)25(31)30-14-18-7-8-20(30)13-18/h2-6,16,18,20H,7-15H2,1H3,(H,27,28,29). The zero-order valence-electron chi connectivity index (χ0n) is 19.0. The fraction of sp³-hybridized carbons (Fsp3) is 0.500. The first kappa shape index (κ1) is 21.1. The van der Waals surface area contributed by atoms with E-state index in [1.54, 1.807) is 6.33 Å². The highest BCUT2D eigenvalue weighted by Gasteiger charge is 2.41. The molecule has 7 heteroatoms. The third kappa shape index (κ3) is 3.62. The van der Waals surface area contributed by atoms with Crippen LogP contribution in [-0.2, 0) is 10.2 Å². The number of nitrogens with one attached hydrogen (secondary N) is 1. The Kier molecular flexibility index (Phi) is 5.34. The van der Waals surface area contributed by atoms with Crippen LogP contribution in [0.3, 0.4) is 0 Å². The van der Waals surface area contributed by atoms with Crippen molar-refractivity contribution in [2.75, 3.05) is 31.6 Å². The minimum absolute atomic E-state index is 0.00808. The molecule has 2 bridgehead atoms. The van der Waals surface area contributed by atoms with Crippen molar-refractivity contribution in [1.29, 1.82) is 0 Å². The molecule has 1 amide bonds. The number of carbonyl (C=O) groups is 1. The summed E-state index contributed by atoms with van der Waals surface area (Å²) in [5, 5.41) is 4.65. The number of carbonyl (C=O) groups excluding carboxylic acids is 1. The predicted octanol–water partition coefficient (Wildman–Crippen LogP) is 4.78. The van der Waals surface area contributed by atoms with Gasteiger partial charge in [-0.1, -0.05) is 30.3 Å². The molecule has 2 unspecified atom stereocenters. The number of anilines is 1. The summed E-state index contributed by atoms with van der Waals surface area (Å²) in [4.78, 5) is 26.4. The number of hydrogen-bond acceptors (Lipinski definition) is 6. The molecule has 6 nitrogen and oxygen atoms in total. The summed E-state index contributed by atoms with van der Waals surface area (Å²) >= 11 is 1.51. The minimum atomic E-state index is 0.00808. The van der Waals surface area contributed by atoms with Gasteiger partial charge in [-0.2, -0.15) is 0 Å². The number of rotatable bonds is 5. The van der Waals surface area contributed by atoms with Crippen LogP contribution in [0.25, 0.3) is 10.2 Å². The topological polar surface area (TPSA) is 67.4 Å². The minimum Gasteiger partial charge on any atom is -0.381 e. The summed E-state index contributed by atoms with van der Waals surface area (Å²) in [6, 6.07) is 11.2. The molecular weight excluding hydrogens is 432 g/mol. The number of likely N-dealkylation sites (tertiary alicyclic amines) is 1. The highest BCUT2D eigenvalue weighted by atomic mass is 32.1. The first-order valence-corrected chi connectivity index (χ1v) is 12.9. The van der Waals surface area contributed by atoms with E-state index in [0.29, 0.717) is 12.0 Å². The molecule has 1 aromatic carbocycles. The first-order chi connectivity index (χ1) is 16.1. The Hall–Kier alpha value is -2.51. The monoisotopic (exact) mass is 462 g/mol. The van der Waals surface area contributed by atoms with Crippen molar-refractivity contribution < 1.29 is 9.53 Å². The van der Waals surface area contributed by atoms with Gasteiger partial charge < -0.3 is 15.0 Å². The van der Waals surface area contributed by atoms with Gasteiger partial charge in [-0.3, -0.25) is 4.79 Å². The molecule has 0 spiro atoms. The summed E-state index contributed by atoms with van der Waals surface area (Å²) in [7, 11) is 0. The number of benzene rings is 1. The summed E-state index contributed by atoms with van der Waals surface area (Å²) in [5.74, 6) is 1.70. The summed E-state index contributed by atoms with van der Waals surface area (Å²) < 4.78 is 5.69. The lowest BCUT2D eigenvalue weighted by Gasteiger charge is -2.38. The van der Waals surface area contributed by atoms with Crippen molar-refractivity contribution >= 4 is 33.3 Å². The summed E-state index contributed by atoms with van der Waals surface area (Å²) in [6.07, 6.45) is 7.16. The number of thiophene rings is 1. The summed E-state index contributed by atoms with van der Waals surface area (Å²) in [5.41, 5.74) is 2.36. The molecule has 2 atom stereocenters. The molecule has 3 aromatic rings. The number of piperidine rings is 1. The highest BCUT2D eigenvalue weighted by molar-refractivity contribution is 7.20. The molecule has 3 aliphatic rings. The fourth-order valence-corrected chi connectivity index (χ4v) is 7.19. The smallest absolute Gasteiger partial charge is 0.264 e. The molecule has 2 aromatic heterocycles. The van der Waals surface area contributed by atoms with E-state index in [9.17, 15) is 4.79 Å². The number of ether oxygens (including phenoxy) is 1. The molecule has 4 heterocycles. The second-order valence-corrected chi connectivity index (χ2v) is 10.9. The molecule has 2 aliphatic heterocycles. The van der Waals surface area contributed by atoms with Gasteiger partial charge in [0.25, 0.3) is 5.91 Å². The number of fused-ring (bicyclic) bond motifs is 3. The van der Waals surface area contributed by atoms with Gasteiger partial charge in [0.1, 0.15) is 17.0 Å². The average molecular weight is 463 g/mol. The number of amides is 1. The van der Waals surface area contributed by atoms with Crippen molar-refractivity contribution in [2.45, 2.75) is 50.5 Å². The van der Waals surface area contributed by atoms with Crippen LogP contribution < -0.4 is 5.32 Å². The lowest BCUT2D eigenvalue weighted by atomic mass is 9.74. The van der Waals surface area contributed by atoms with Crippen LogP contribution in [0.2, 0.25) is 0 Å². The average Bonchev–Trinajstić information content (AvgIpc) is 3.59. The highest BCUT2D eigenvalue weighted by Crippen LogP contribution is 2.41. The molecule has 1 saturated carbocycles. The van der Waals surface area contributed by atoms with E-state index in [4.69, 9.17) is 4.74 Å². The van der Waals surface area contributed by atoms with Crippen molar-refractivity contribution in [3.05, 3.63) is 52.7 Å². The molecule has 3 fully saturated rings. The number of aryl methyl sites for hydroxylation is 1. The van der Waals surface area contributed by atoms with Crippen LogP contribution in [0.15, 0.2) is 36.7 Å². The Balaban J connectivity index is 1.30. The van der Waals surface area contributed by atoms with E-state index in [-0.39, 0.29) is 11.3 Å². The first-order valence-electron chi connectivity index (χ1n) is 12.1. The molecule has 1 N–H and O–H groups in total. The summed E-state index contributed by atoms with van der Waals surface area (Å²) in [6.45, 7) is 5.28. The molecule has 6 rings (SSSR count). The lowest BCUT2D eigenvalue weighted by Crippen LogP contribution is -2.40. The van der Waals surface area contributed by atoms with Crippen LogP contribution in [0.5, 0.6) is 0 Å². The SMILES string of the molecule is Cc1c(C(=O)N2CC3CCC2C3)sc2ncnc(NCC3(c4ccccc4)CCOCC3)c12. The molecule has 33 heavy (non-hydrogen) atoms. The van der Waals surface area contributed by atoms with E-state index in [0.717, 1.165) is 72.0 Å². The quantitative estimate of drug-likeness (QED) is 0.591. The van der Waals surface area contributed by atoms with Gasteiger partial charge >= 0.3 is 0 Å². The molecule has 172 valence electrons. The van der Waals surface area contributed by atoms with Gasteiger partial charge in [0, 0.05) is 37.8 Å². The molecule has 2 saturated heterocycles. The zero-order chi connectivity index (χ0) is 22.4. The van der Waals surface area contributed by atoms with Crippen molar-refractivity contribution in [1.82, 2.24) is 14.9 Å². The van der Waals surface area contributed by atoms with Crippen LogP contribution in [0.1, 0.15) is 52.9 Å². The van der Waals surface area contributed by atoms with Crippen LogP contribution >= 0.6 is 11.3 Å². The maximum Gasteiger partial charge on any atom is 0.264 e. The van der Waals surface area contributed by atoms with E-state index in [2.05, 4.69) is 57.4 Å². The van der Waals surface area contributed by atoms with E-state index < -0.39 is 0 Å². The largest absolute Gasteiger partial charge is 0.381 e. The van der Waals surface area contributed by atoms with Crippen LogP contribution in [-0.4, -0.2) is 53.1 Å². The van der Waals surface area contributed by atoms with Crippen molar-refractivity contribution in [3.63, 3.8) is 0 Å². The fourth-order valence-electron chi connectivity index (χ4n) is 6.09. The van der Waals surface area contributed by atoms with Crippen molar-refractivity contribution in [2.24, 2.45) is 5.92 Å². The van der Waals surface area contributed by atoms with Crippen LogP contribution in [0, 0.1) is 12.8 Å². The molecule has 0 radical (unpaired) electrons. The van der Waals surface area contributed by atoms with Crippen LogP contribution in [0.4, 0.5) is 5.82 Å². The number of hydrogen-bond donors (Lipinski definition) is 1. The Morgan fingerprint density at radius 1 is 1.21 bits per heavy atom. The van der Waals surface area contributed by atoms with Gasteiger partial charge in [0.15, 0.2) is 0 Å². The normalized spacial score (nSPS) is 23.8. The van der Waals surface area contributed by atoms with Gasteiger partial charge in [0.2, 0.25) is 0 Å². The van der Waals surface area contributed by atoms with E-state index in [1.807, 2.05) is 0 Å². The predicted molar refractivity (Wildman–Crippen MR) is 131 cm³/mol. The maximum atomic E-state index is 13.4. The Morgan fingerprint density at radius 2 is 2.03 bits per heavy atom. The van der Waals surface area contributed by atoms with Crippen molar-refractivity contribution in [3.8, 4) is 0 Å². The molecule has 1 aliphatic carbocycles. The second kappa shape index (κ2) is 8.37. The van der Waals surface area contributed by atoms with Gasteiger partial charge in [-0.05, 0) is 56.1 Å². The Labute approximate surface area is 198 Å². The zero-order valence-corrected chi connectivity index (χ0v) is 19.9. The third-order valence-electron chi connectivity index (χ3n) is 8.02. The number of aromatic nitrogens is 2. The van der Waals surface area contributed by atoms with E-state index in [1.165, 1.54) is 29.7 Å². The van der Waals surface area contributed by atoms with E-state index >= 15 is 0 Å². The number of nitrogens with zero attached hydrogens (tertiary/aromatic N) is 3. The molecular formula is C26H30N4O2S. The van der Waals surface area contributed by atoms with Gasteiger partial charge in [-0.25, -0.2) is 9.97 Å².